The number of halogens is 4. The van der Waals surface area contributed by atoms with Gasteiger partial charge in [-0.1, -0.05) is 0 Å². The Morgan fingerprint density at radius 3 is 2.50 bits per heavy atom. The van der Waals surface area contributed by atoms with Crippen LogP contribution in [-0.4, -0.2) is 22.4 Å². The lowest BCUT2D eigenvalue weighted by atomic mass is 10.1. The quantitative estimate of drug-likeness (QED) is 0.809. The zero-order chi connectivity index (χ0) is 13.9. The van der Waals surface area contributed by atoms with Crippen LogP contribution >= 0.6 is 0 Å². The molecule has 1 aromatic heterocycles. The number of nitrogens with one attached hydrogen (secondary N) is 1. The highest BCUT2D eigenvalue weighted by Gasteiger charge is 2.33. The van der Waals surface area contributed by atoms with E-state index in [0.29, 0.717) is 6.07 Å². The van der Waals surface area contributed by atoms with E-state index in [1.54, 1.807) is 0 Å². The molecule has 9 heteroatoms. The van der Waals surface area contributed by atoms with E-state index in [4.69, 9.17) is 5.11 Å². The van der Waals surface area contributed by atoms with Gasteiger partial charge in [0.1, 0.15) is 12.4 Å². The van der Waals surface area contributed by atoms with E-state index >= 15 is 0 Å². The van der Waals surface area contributed by atoms with Gasteiger partial charge in [-0.05, 0) is 0 Å². The van der Waals surface area contributed by atoms with Crippen LogP contribution in [0.5, 0.6) is 5.75 Å². The number of aromatic nitrogens is 1. The summed E-state index contributed by atoms with van der Waals surface area (Å²) in [7, 11) is 0. The summed E-state index contributed by atoms with van der Waals surface area (Å²) in [6, 6.07) is 0.422. The molecule has 1 heterocycles. The summed E-state index contributed by atoms with van der Waals surface area (Å²) in [4.78, 5) is 23.4. The molecule has 0 aromatic carbocycles. The summed E-state index contributed by atoms with van der Waals surface area (Å²) in [5.41, 5.74) is -2.12. The molecule has 0 aliphatic carbocycles. The maximum atomic E-state index is 12.5. The first-order valence-electron chi connectivity index (χ1n) is 4.51. The number of pyridine rings is 1. The largest absolute Gasteiger partial charge is 0.573 e. The van der Waals surface area contributed by atoms with Crippen LogP contribution in [0.1, 0.15) is 11.3 Å². The molecule has 0 amide bonds. The van der Waals surface area contributed by atoms with Crippen LogP contribution in [0, 0.1) is 0 Å². The van der Waals surface area contributed by atoms with Crippen molar-refractivity contribution in [3.8, 4) is 5.75 Å². The molecule has 0 radical (unpaired) electrons. The fourth-order valence-electron chi connectivity index (χ4n) is 1.29. The van der Waals surface area contributed by atoms with Gasteiger partial charge in [-0.2, -0.15) is 0 Å². The molecule has 5 nitrogen and oxygen atoms in total. The van der Waals surface area contributed by atoms with Crippen LogP contribution in [0.4, 0.5) is 17.6 Å². The predicted molar refractivity (Wildman–Crippen MR) is 49.9 cm³/mol. The minimum atomic E-state index is -5.10. The van der Waals surface area contributed by atoms with Crippen LogP contribution in [0.15, 0.2) is 10.9 Å². The van der Waals surface area contributed by atoms with Crippen molar-refractivity contribution in [2.75, 3.05) is 0 Å². The fraction of sp³-hybridized carbons (Fsp3) is 0.333. The average Bonchev–Trinajstić information content (AvgIpc) is 2.18. The van der Waals surface area contributed by atoms with E-state index in [1.165, 1.54) is 0 Å². The molecule has 0 unspecified atom stereocenters. The number of ether oxygens (including phenoxy) is 1. The number of alkyl halides is 4. The van der Waals surface area contributed by atoms with Crippen molar-refractivity contribution in [1.29, 1.82) is 0 Å². The highest BCUT2D eigenvalue weighted by molar-refractivity contribution is 5.71. The summed E-state index contributed by atoms with van der Waals surface area (Å²) in [5.74, 6) is -2.50. The standard InChI is InChI=1S/C9H7F4NO4/c10-3-5-4(1-8(16)17)6(2-7(15)14-5)18-9(11,12)13/h2H,1,3H2,(H,14,15)(H,16,17). The summed E-state index contributed by atoms with van der Waals surface area (Å²) >= 11 is 0. The molecule has 0 spiro atoms. The maximum Gasteiger partial charge on any atom is 0.573 e. The van der Waals surface area contributed by atoms with Crippen molar-refractivity contribution >= 4 is 5.97 Å². The molecule has 0 atom stereocenters. The molecule has 1 rings (SSSR count). The van der Waals surface area contributed by atoms with E-state index in [2.05, 4.69) is 4.74 Å². The Morgan fingerprint density at radius 1 is 1.44 bits per heavy atom. The first-order valence-corrected chi connectivity index (χ1v) is 4.51. The predicted octanol–water partition coefficient (Wildman–Crippen LogP) is 1.37. The van der Waals surface area contributed by atoms with Gasteiger partial charge in [-0.15, -0.1) is 13.2 Å². The molecule has 0 bridgehead atoms. The van der Waals surface area contributed by atoms with Gasteiger partial charge in [0.05, 0.1) is 12.1 Å². The summed E-state index contributed by atoms with van der Waals surface area (Å²) in [5, 5.41) is 8.53. The van der Waals surface area contributed by atoms with Crippen LogP contribution < -0.4 is 10.3 Å². The molecule has 1 aromatic rings. The SMILES string of the molecule is O=C(O)Cc1c(OC(F)(F)F)cc(=O)[nH]c1CF. The third kappa shape index (κ3) is 3.75. The third-order valence-electron chi connectivity index (χ3n) is 1.89. The van der Waals surface area contributed by atoms with E-state index < -0.39 is 48.0 Å². The second kappa shape index (κ2) is 5.07. The maximum absolute atomic E-state index is 12.5. The second-order valence-corrected chi connectivity index (χ2v) is 3.21. The molecule has 0 fully saturated rings. The molecule has 0 aliphatic heterocycles. The number of carboxylic acids is 1. The first-order chi connectivity index (χ1) is 8.23. The molecule has 18 heavy (non-hydrogen) atoms. The monoisotopic (exact) mass is 269 g/mol. The zero-order valence-corrected chi connectivity index (χ0v) is 8.68. The normalized spacial score (nSPS) is 11.3. The molecule has 2 N–H and O–H groups in total. The van der Waals surface area contributed by atoms with Crippen molar-refractivity contribution in [2.24, 2.45) is 0 Å². The van der Waals surface area contributed by atoms with Crippen LogP contribution in [-0.2, 0) is 17.9 Å². The topological polar surface area (TPSA) is 79.4 Å². The molecule has 0 saturated carbocycles. The van der Waals surface area contributed by atoms with E-state index in [0.717, 1.165) is 0 Å². The van der Waals surface area contributed by atoms with Crippen LogP contribution in [0.25, 0.3) is 0 Å². The number of rotatable bonds is 4. The second-order valence-electron chi connectivity index (χ2n) is 3.21. The average molecular weight is 269 g/mol. The third-order valence-corrected chi connectivity index (χ3v) is 1.89. The number of aliphatic carboxylic acids is 1. The van der Waals surface area contributed by atoms with Gasteiger partial charge in [0, 0.05) is 11.6 Å². The molecular weight excluding hydrogens is 262 g/mol. The van der Waals surface area contributed by atoms with E-state index in [-0.39, 0.29) is 0 Å². The van der Waals surface area contributed by atoms with Crippen molar-refractivity contribution in [2.45, 2.75) is 19.5 Å². The van der Waals surface area contributed by atoms with Crippen molar-refractivity contribution in [3.63, 3.8) is 0 Å². The Balaban J connectivity index is 3.32. The highest BCUT2D eigenvalue weighted by Crippen LogP contribution is 2.27. The number of hydrogen-bond acceptors (Lipinski definition) is 3. The van der Waals surface area contributed by atoms with E-state index in [1.807, 2.05) is 4.98 Å². The summed E-state index contributed by atoms with van der Waals surface area (Å²) in [6.07, 6.45) is -6.00. The van der Waals surface area contributed by atoms with Crippen LogP contribution in [0.2, 0.25) is 0 Å². The highest BCUT2D eigenvalue weighted by atomic mass is 19.4. The number of H-pyrrole nitrogens is 1. The molecular formula is C9H7F4NO4. The lowest BCUT2D eigenvalue weighted by molar-refractivity contribution is -0.275. The lowest BCUT2D eigenvalue weighted by Gasteiger charge is -2.13. The van der Waals surface area contributed by atoms with Gasteiger partial charge in [0.2, 0.25) is 0 Å². The van der Waals surface area contributed by atoms with Crippen molar-refractivity contribution in [3.05, 3.63) is 27.7 Å². The van der Waals surface area contributed by atoms with Gasteiger partial charge in [-0.25, -0.2) is 4.39 Å². The lowest BCUT2D eigenvalue weighted by Crippen LogP contribution is -2.22. The Bertz CT molecular complexity index is 508. The Hall–Kier alpha value is -2.06. The first kappa shape index (κ1) is 14.0. The number of hydrogen-bond donors (Lipinski definition) is 2. The minimum absolute atomic E-state index is 0.422. The number of aromatic amines is 1. The fourth-order valence-corrected chi connectivity index (χ4v) is 1.29. The zero-order valence-electron chi connectivity index (χ0n) is 8.68. The van der Waals surface area contributed by atoms with Gasteiger partial charge >= 0.3 is 12.3 Å². The number of carboxylic acid groups (broad SMARTS) is 1. The van der Waals surface area contributed by atoms with Crippen LogP contribution in [0.3, 0.4) is 0 Å². The van der Waals surface area contributed by atoms with E-state index in [9.17, 15) is 27.2 Å². The molecule has 0 aliphatic rings. The Labute approximate surface area is 97.0 Å². The van der Waals surface area contributed by atoms with Gasteiger partial charge < -0.3 is 14.8 Å². The number of carbonyl (C=O) groups is 1. The Morgan fingerprint density at radius 2 is 2.06 bits per heavy atom. The van der Waals surface area contributed by atoms with Gasteiger partial charge in [-0.3, -0.25) is 9.59 Å². The Kier molecular flexibility index (Phi) is 3.94. The molecule has 0 saturated heterocycles. The van der Waals surface area contributed by atoms with Crippen molar-refractivity contribution in [1.82, 2.24) is 4.98 Å². The van der Waals surface area contributed by atoms with Gasteiger partial charge in [0.15, 0.2) is 0 Å². The summed E-state index contributed by atoms with van der Waals surface area (Å²) < 4.78 is 52.2. The van der Waals surface area contributed by atoms with Gasteiger partial charge in [0.25, 0.3) is 5.56 Å². The minimum Gasteiger partial charge on any atom is -0.481 e. The summed E-state index contributed by atoms with van der Waals surface area (Å²) in [6.45, 7) is -1.31. The molecule has 100 valence electrons. The smallest absolute Gasteiger partial charge is 0.481 e. The van der Waals surface area contributed by atoms with Crippen molar-refractivity contribution < 1.29 is 32.2 Å².